The maximum absolute atomic E-state index is 11.0. The highest BCUT2D eigenvalue weighted by atomic mass is 16.5. The summed E-state index contributed by atoms with van der Waals surface area (Å²) < 4.78 is 5.61. The Morgan fingerprint density at radius 1 is 1.35 bits per heavy atom. The summed E-state index contributed by atoms with van der Waals surface area (Å²) in [6.45, 7) is 2.03. The van der Waals surface area contributed by atoms with Gasteiger partial charge in [-0.15, -0.1) is 0 Å². The summed E-state index contributed by atoms with van der Waals surface area (Å²) >= 11 is 0. The smallest absolute Gasteiger partial charge is 0.172 e. The molecule has 0 atom stereocenters. The number of carbonyl (C=O) groups excluding carboxylic acids is 1. The van der Waals surface area contributed by atoms with Crippen molar-refractivity contribution < 1.29 is 9.53 Å². The largest absolute Gasteiger partial charge is 0.486 e. The SMILES string of the molecule is Cc1ccc(OCc2cccc(N)c2C=N)c(C=O)n1. The Labute approximate surface area is 116 Å². The lowest BCUT2D eigenvalue weighted by Crippen LogP contribution is -2.05. The zero-order chi connectivity index (χ0) is 14.5. The van der Waals surface area contributed by atoms with Crippen LogP contribution in [0.25, 0.3) is 0 Å². The second-order valence-corrected chi connectivity index (χ2v) is 4.31. The number of pyridine rings is 1. The number of nitrogens with two attached hydrogens (primary N) is 1. The summed E-state index contributed by atoms with van der Waals surface area (Å²) in [5.74, 6) is 0.420. The molecule has 0 saturated carbocycles. The second kappa shape index (κ2) is 5.97. The average molecular weight is 269 g/mol. The summed E-state index contributed by atoms with van der Waals surface area (Å²) in [7, 11) is 0. The molecule has 102 valence electrons. The number of hydrogen-bond acceptors (Lipinski definition) is 5. The van der Waals surface area contributed by atoms with Crippen molar-refractivity contribution in [3.8, 4) is 5.75 Å². The lowest BCUT2D eigenvalue weighted by atomic mass is 10.1. The highest BCUT2D eigenvalue weighted by molar-refractivity contribution is 5.86. The number of aldehydes is 1. The number of carbonyl (C=O) groups is 1. The monoisotopic (exact) mass is 269 g/mol. The fraction of sp³-hybridized carbons (Fsp3) is 0.133. The van der Waals surface area contributed by atoms with Crippen LogP contribution in [0.5, 0.6) is 5.75 Å². The molecule has 2 rings (SSSR count). The number of hydrogen-bond donors (Lipinski definition) is 2. The van der Waals surface area contributed by atoms with Crippen molar-refractivity contribution in [3.63, 3.8) is 0 Å². The van der Waals surface area contributed by atoms with Crippen molar-refractivity contribution in [1.29, 1.82) is 5.41 Å². The third-order valence-corrected chi connectivity index (χ3v) is 2.89. The van der Waals surface area contributed by atoms with Gasteiger partial charge >= 0.3 is 0 Å². The van der Waals surface area contributed by atoms with Gasteiger partial charge in [0, 0.05) is 28.7 Å². The summed E-state index contributed by atoms with van der Waals surface area (Å²) in [6.07, 6.45) is 1.86. The predicted octanol–water partition coefficient (Wildman–Crippen LogP) is 2.36. The van der Waals surface area contributed by atoms with Gasteiger partial charge in [-0.1, -0.05) is 12.1 Å². The predicted molar refractivity (Wildman–Crippen MR) is 77.4 cm³/mol. The Balaban J connectivity index is 2.23. The van der Waals surface area contributed by atoms with Gasteiger partial charge in [0.15, 0.2) is 6.29 Å². The van der Waals surface area contributed by atoms with Crippen molar-refractivity contribution in [2.24, 2.45) is 0 Å². The van der Waals surface area contributed by atoms with Gasteiger partial charge in [-0.2, -0.15) is 0 Å². The molecule has 0 aliphatic heterocycles. The zero-order valence-electron chi connectivity index (χ0n) is 11.1. The van der Waals surface area contributed by atoms with Gasteiger partial charge in [0.1, 0.15) is 18.1 Å². The van der Waals surface area contributed by atoms with Crippen LogP contribution >= 0.6 is 0 Å². The summed E-state index contributed by atoms with van der Waals surface area (Å²) in [5.41, 5.74) is 8.76. The van der Waals surface area contributed by atoms with Gasteiger partial charge in [0.05, 0.1) is 0 Å². The van der Waals surface area contributed by atoms with E-state index < -0.39 is 0 Å². The molecule has 2 aromatic rings. The number of nitrogen functional groups attached to an aromatic ring is 1. The fourth-order valence-corrected chi connectivity index (χ4v) is 1.86. The van der Waals surface area contributed by atoms with Gasteiger partial charge in [-0.05, 0) is 25.1 Å². The molecule has 0 fully saturated rings. The van der Waals surface area contributed by atoms with Crippen molar-refractivity contribution >= 4 is 18.2 Å². The van der Waals surface area contributed by atoms with Crippen LogP contribution in [0.3, 0.4) is 0 Å². The van der Waals surface area contributed by atoms with Crippen LogP contribution in [-0.2, 0) is 6.61 Å². The second-order valence-electron chi connectivity index (χ2n) is 4.31. The molecule has 0 amide bonds. The third kappa shape index (κ3) is 2.83. The molecule has 0 aliphatic rings. The number of rotatable bonds is 5. The number of anilines is 1. The van der Waals surface area contributed by atoms with Gasteiger partial charge in [0.25, 0.3) is 0 Å². The Bertz CT molecular complexity index is 654. The Morgan fingerprint density at radius 2 is 2.15 bits per heavy atom. The first-order chi connectivity index (χ1) is 9.65. The summed E-state index contributed by atoms with van der Waals surface area (Å²) in [6, 6.07) is 8.85. The molecule has 1 aromatic heterocycles. The third-order valence-electron chi connectivity index (χ3n) is 2.89. The number of nitrogens with one attached hydrogen (secondary N) is 1. The number of benzene rings is 1. The molecular weight excluding hydrogens is 254 g/mol. The highest BCUT2D eigenvalue weighted by Gasteiger charge is 2.08. The molecule has 0 aliphatic carbocycles. The minimum atomic E-state index is 0.224. The van der Waals surface area contributed by atoms with E-state index in [-0.39, 0.29) is 12.3 Å². The van der Waals surface area contributed by atoms with Gasteiger partial charge in [-0.25, -0.2) is 4.98 Å². The molecule has 5 heteroatoms. The van der Waals surface area contributed by atoms with Gasteiger partial charge in [-0.3, -0.25) is 4.79 Å². The zero-order valence-corrected chi connectivity index (χ0v) is 11.1. The molecule has 0 bridgehead atoms. The molecule has 5 nitrogen and oxygen atoms in total. The topological polar surface area (TPSA) is 89.1 Å². The maximum Gasteiger partial charge on any atom is 0.172 e. The van der Waals surface area contributed by atoms with Crippen LogP contribution < -0.4 is 10.5 Å². The first kappa shape index (κ1) is 13.7. The highest BCUT2D eigenvalue weighted by Crippen LogP contribution is 2.20. The first-order valence-corrected chi connectivity index (χ1v) is 6.09. The van der Waals surface area contributed by atoms with E-state index in [1.165, 1.54) is 6.21 Å². The minimum Gasteiger partial charge on any atom is -0.486 e. The fourth-order valence-electron chi connectivity index (χ4n) is 1.86. The molecule has 20 heavy (non-hydrogen) atoms. The van der Waals surface area contributed by atoms with Crippen molar-refractivity contribution in [3.05, 3.63) is 52.8 Å². The Kier molecular flexibility index (Phi) is 4.10. The van der Waals surface area contributed by atoms with Crippen LogP contribution in [0.2, 0.25) is 0 Å². The number of aryl methyl sites for hydroxylation is 1. The van der Waals surface area contributed by atoms with E-state index in [0.717, 1.165) is 11.3 Å². The van der Waals surface area contributed by atoms with Gasteiger partial charge in [0.2, 0.25) is 0 Å². The first-order valence-electron chi connectivity index (χ1n) is 6.09. The van der Waals surface area contributed by atoms with Crippen LogP contribution in [0.15, 0.2) is 30.3 Å². The molecule has 1 heterocycles. The lowest BCUT2D eigenvalue weighted by molar-refractivity contribution is 0.111. The lowest BCUT2D eigenvalue weighted by Gasteiger charge is -2.11. The normalized spacial score (nSPS) is 10.1. The van der Waals surface area contributed by atoms with E-state index in [0.29, 0.717) is 23.3 Å². The van der Waals surface area contributed by atoms with Crippen LogP contribution in [0, 0.1) is 12.3 Å². The van der Waals surface area contributed by atoms with E-state index in [1.54, 1.807) is 24.3 Å². The number of ether oxygens (including phenoxy) is 1. The molecule has 1 aromatic carbocycles. The van der Waals surface area contributed by atoms with Crippen LogP contribution in [0.1, 0.15) is 27.3 Å². The molecule has 0 spiro atoms. The maximum atomic E-state index is 11.0. The van der Waals surface area contributed by atoms with E-state index in [9.17, 15) is 4.79 Å². The van der Waals surface area contributed by atoms with Crippen molar-refractivity contribution in [2.45, 2.75) is 13.5 Å². The summed E-state index contributed by atoms with van der Waals surface area (Å²) in [4.78, 5) is 15.1. The molecule has 0 radical (unpaired) electrons. The minimum absolute atomic E-state index is 0.224. The molecule has 0 saturated heterocycles. The average Bonchev–Trinajstić information content (AvgIpc) is 2.45. The Hall–Kier alpha value is -2.69. The Morgan fingerprint density at radius 3 is 2.85 bits per heavy atom. The van der Waals surface area contributed by atoms with Crippen LogP contribution in [-0.4, -0.2) is 17.5 Å². The number of aromatic nitrogens is 1. The molecule has 0 unspecified atom stereocenters. The summed E-state index contributed by atoms with van der Waals surface area (Å²) in [5, 5.41) is 7.39. The number of nitrogens with zero attached hydrogens (tertiary/aromatic N) is 1. The van der Waals surface area contributed by atoms with Crippen molar-refractivity contribution in [1.82, 2.24) is 4.98 Å². The standard InChI is InChI=1S/C15H15N3O2/c1-10-5-6-15(14(8-19)18-10)20-9-11-3-2-4-13(17)12(11)7-16/h2-8,16H,9,17H2,1H3. The van der Waals surface area contributed by atoms with Gasteiger partial charge < -0.3 is 15.9 Å². The van der Waals surface area contributed by atoms with E-state index in [2.05, 4.69) is 4.98 Å². The quantitative estimate of drug-likeness (QED) is 0.495. The van der Waals surface area contributed by atoms with Crippen molar-refractivity contribution in [2.75, 3.05) is 5.73 Å². The van der Waals surface area contributed by atoms with E-state index in [1.807, 2.05) is 13.0 Å². The van der Waals surface area contributed by atoms with E-state index >= 15 is 0 Å². The van der Waals surface area contributed by atoms with Crippen LogP contribution in [0.4, 0.5) is 5.69 Å². The molecular formula is C15H15N3O2. The van der Waals surface area contributed by atoms with E-state index in [4.69, 9.17) is 15.9 Å². The molecule has 3 N–H and O–H groups in total.